The number of nitrogens with one attached hydrogen (secondary N) is 2. The SMILES string of the molecule is O=C(Nc1ccc(OC2CCCC2)cc1)C1CCCN1. The fraction of sp³-hybridized carbons (Fsp3) is 0.562. The summed E-state index contributed by atoms with van der Waals surface area (Å²) in [5, 5.41) is 6.15. The molecule has 4 nitrogen and oxygen atoms in total. The van der Waals surface area contributed by atoms with Crippen molar-refractivity contribution in [3.8, 4) is 5.75 Å². The Balaban J connectivity index is 1.53. The highest BCUT2D eigenvalue weighted by Gasteiger charge is 2.22. The second-order valence-corrected chi connectivity index (χ2v) is 5.69. The number of anilines is 1. The lowest BCUT2D eigenvalue weighted by atomic mass is 10.2. The van der Waals surface area contributed by atoms with Gasteiger partial charge >= 0.3 is 0 Å². The van der Waals surface area contributed by atoms with E-state index in [-0.39, 0.29) is 11.9 Å². The first kappa shape index (κ1) is 13.4. The monoisotopic (exact) mass is 274 g/mol. The molecule has 1 aromatic carbocycles. The molecule has 1 saturated carbocycles. The molecule has 1 aliphatic heterocycles. The maximum absolute atomic E-state index is 12.0. The van der Waals surface area contributed by atoms with E-state index in [4.69, 9.17) is 4.74 Å². The molecule has 20 heavy (non-hydrogen) atoms. The van der Waals surface area contributed by atoms with E-state index in [0.29, 0.717) is 6.10 Å². The Bertz CT molecular complexity index is 446. The van der Waals surface area contributed by atoms with Gasteiger partial charge in [0, 0.05) is 5.69 Å². The van der Waals surface area contributed by atoms with Gasteiger partial charge in [0.25, 0.3) is 0 Å². The predicted molar refractivity (Wildman–Crippen MR) is 79.0 cm³/mol. The fourth-order valence-electron chi connectivity index (χ4n) is 2.95. The third-order valence-electron chi connectivity index (χ3n) is 4.10. The molecule has 2 N–H and O–H groups in total. The molecule has 1 atom stereocenters. The van der Waals surface area contributed by atoms with Crippen LogP contribution in [0.4, 0.5) is 5.69 Å². The topological polar surface area (TPSA) is 50.4 Å². The lowest BCUT2D eigenvalue weighted by Gasteiger charge is -2.14. The minimum Gasteiger partial charge on any atom is -0.490 e. The van der Waals surface area contributed by atoms with Gasteiger partial charge in [0.2, 0.25) is 5.91 Å². The molecule has 4 heteroatoms. The second-order valence-electron chi connectivity index (χ2n) is 5.69. The zero-order valence-electron chi connectivity index (χ0n) is 11.7. The van der Waals surface area contributed by atoms with Gasteiger partial charge in [-0.3, -0.25) is 4.79 Å². The van der Waals surface area contributed by atoms with E-state index in [0.717, 1.165) is 43.7 Å². The number of carbonyl (C=O) groups excluding carboxylic acids is 1. The van der Waals surface area contributed by atoms with Crippen LogP contribution in [0.2, 0.25) is 0 Å². The highest BCUT2D eigenvalue weighted by molar-refractivity contribution is 5.95. The van der Waals surface area contributed by atoms with Crippen molar-refractivity contribution in [1.29, 1.82) is 0 Å². The Morgan fingerprint density at radius 2 is 1.85 bits per heavy atom. The van der Waals surface area contributed by atoms with Crippen molar-refractivity contribution in [1.82, 2.24) is 5.32 Å². The summed E-state index contributed by atoms with van der Waals surface area (Å²) in [6.07, 6.45) is 7.23. The van der Waals surface area contributed by atoms with Crippen LogP contribution in [0.5, 0.6) is 5.75 Å². The van der Waals surface area contributed by atoms with E-state index < -0.39 is 0 Å². The van der Waals surface area contributed by atoms with Crippen molar-refractivity contribution in [3.05, 3.63) is 24.3 Å². The molecule has 3 rings (SSSR count). The molecule has 2 aliphatic rings. The lowest BCUT2D eigenvalue weighted by molar-refractivity contribution is -0.117. The van der Waals surface area contributed by atoms with E-state index in [1.165, 1.54) is 12.8 Å². The summed E-state index contributed by atoms with van der Waals surface area (Å²) in [5.41, 5.74) is 0.836. The molecule has 0 bridgehead atoms. The summed E-state index contributed by atoms with van der Waals surface area (Å²) in [4.78, 5) is 12.0. The third-order valence-corrected chi connectivity index (χ3v) is 4.10. The van der Waals surface area contributed by atoms with Gasteiger partial charge in [-0.25, -0.2) is 0 Å². The normalized spacial score (nSPS) is 22.9. The van der Waals surface area contributed by atoms with Gasteiger partial charge in [-0.15, -0.1) is 0 Å². The van der Waals surface area contributed by atoms with E-state index >= 15 is 0 Å². The van der Waals surface area contributed by atoms with Gasteiger partial charge < -0.3 is 15.4 Å². The van der Waals surface area contributed by atoms with Crippen LogP contribution < -0.4 is 15.4 Å². The lowest BCUT2D eigenvalue weighted by Crippen LogP contribution is -2.35. The van der Waals surface area contributed by atoms with E-state index in [1.54, 1.807) is 0 Å². The molecule has 1 aliphatic carbocycles. The number of benzene rings is 1. The van der Waals surface area contributed by atoms with Crippen LogP contribution in [-0.2, 0) is 4.79 Å². The molecule has 1 saturated heterocycles. The molecular weight excluding hydrogens is 252 g/mol. The van der Waals surface area contributed by atoms with Gasteiger partial charge in [0.15, 0.2) is 0 Å². The van der Waals surface area contributed by atoms with Crippen LogP contribution in [0.25, 0.3) is 0 Å². The summed E-state index contributed by atoms with van der Waals surface area (Å²) in [6, 6.07) is 7.67. The average Bonchev–Trinajstić information content (AvgIpc) is 3.13. The molecule has 1 aromatic rings. The first-order chi connectivity index (χ1) is 9.81. The van der Waals surface area contributed by atoms with E-state index in [2.05, 4.69) is 10.6 Å². The Labute approximate surface area is 119 Å². The molecule has 1 amide bonds. The first-order valence-electron chi connectivity index (χ1n) is 7.62. The van der Waals surface area contributed by atoms with Crippen molar-refractivity contribution in [2.75, 3.05) is 11.9 Å². The second kappa shape index (κ2) is 6.27. The largest absolute Gasteiger partial charge is 0.490 e. The maximum atomic E-state index is 12.0. The van der Waals surface area contributed by atoms with Gasteiger partial charge in [0.05, 0.1) is 12.1 Å². The molecule has 108 valence electrons. The van der Waals surface area contributed by atoms with Crippen molar-refractivity contribution >= 4 is 11.6 Å². The Hall–Kier alpha value is -1.55. The molecule has 0 aromatic heterocycles. The number of carbonyl (C=O) groups is 1. The van der Waals surface area contributed by atoms with Crippen molar-refractivity contribution in [2.24, 2.45) is 0 Å². The van der Waals surface area contributed by atoms with Gasteiger partial charge in [-0.05, 0) is 69.3 Å². The summed E-state index contributed by atoms with van der Waals surface area (Å²) in [7, 11) is 0. The number of rotatable bonds is 4. The Morgan fingerprint density at radius 1 is 1.10 bits per heavy atom. The zero-order chi connectivity index (χ0) is 13.8. The van der Waals surface area contributed by atoms with Crippen LogP contribution in [0.3, 0.4) is 0 Å². The van der Waals surface area contributed by atoms with Gasteiger partial charge in [-0.2, -0.15) is 0 Å². The summed E-state index contributed by atoms with van der Waals surface area (Å²) >= 11 is 0. The van der Waals surface area contributed by atoms with Crippen LogP contribution in [0, 0.1) is 0 Å². The first-order valence-corrected chi connectivity index (χ1v) is 7.62. The molecule has 0 spiro atoms. The highest BCUT2D eigenvalue weighted by Crippen LogP contribution is 2.25. The summed E-state index contributed by atoms with van der Waals surface area (Å²) in [6.45, 7) is 0.937. The molecule has 2 fully saturated rings. The maximum Gasteiger partial charge on any atom is 0.241 e. The molecule has 0 radical (unpaired) electrons. The number of hydrogen-bond acceptors (Lipinski definition) is 3. The number of hydrogen-bond donors (Lipinski definition) is 2. The average molecular weight is 274 g/mol. The van der Waals surface area contributed by atoms with Crippen molar-refractivity contribution in [3.63, 3.8) is 0 Å². The fourth-order valence-corrected chi connectivity index (χ4v) is 2.95. The van der Waals surface area contributed by atoms with Crippen LogP contribution >= 0.6 is 0 Å². The van der Waals surface area contributed by atoms with E-state index in [1.807, 2.05) is 24.3 Å². The highest BCUT2D eigenvalue weighted by atomic mass is 16.5. The Kier molecular flexibility index (Phi) is 4.21. The summed E-state index contributed by atoms with van der Waals surface area (Å²) < 4.78 is 5.91. The molecule has 1 heterocycles. The smallest absolute Gasteiger partial charge is 0.241 e. The van der Waals surface area contributed by atoms with Crippen LogP contribution in [-0.4, -0.2) is 24.6 Å². The number of amides is 1. The van der Waals surface area contributed by atoms with Crippen molar-refractivity contribution < 1.29 is 9.53 Å². The standard InChI is InChI=1S/C16H22N2O2/c19-16(15-6-3-11-17-15)18-12-7-9-14(10-8-12)20-13-4-1-2-5-13/h7-10,13,15,17H,1-6,11H2,(H,18,19). The predicted octanol–water partition coefficient (Wildman–Crippen LogP) is 2.70. The molecular formula is C16H22N2O2. The number of ether oxygens (including phenoxy) is 1. The quantitative estimate of drug-likeness (QED) is 0.887. The van der Waals surface area contributed by atoms with Crippen LogP contribution in [0.1, 0.15) is 38.5 Å². The summed E-state index contributed by atoms with van der Waals surface area (Å²) in [5.74, 6) is 0.959. The van der Waals surface area contributed by atoms with E-state index in [9.17, 15) is 4.79 Å². The zero-order valence-corrected chi connectivity index (χ0v) is 11.7. The minimum absolute atomic E-state index is 0.0376. The molecule has 1 unspecified atom stereocenters. The van der Waals surface area contributed by atoms with Crippen LogP contribution in [0.15, 0.2) is 24.3 Å². The minimum atomic E-state index is -0.0376. The van der Waals surface area contributed by atoms with Gasteiger partial charge in [0.1, 0.15) is 5.75 Å². The van der Waals surface area contributed by atoms with Gasteiger partial charge in [-0.1, -0.05) is 0 Å². The Morgan fingerprint density at radius 3 is 2.50 bits per heavy atom. The van der Waals surface area contributed by atoms with Crippen molar-refractivity contribution in [2.45, 2.75) is 50.7 Å². The third kappa shape index (κ3) is 3.31.